The minimum atomic E-state index is -0.746. The van der Waals surface area contributed by atoms with Crippen LogP contribution in [0.25, 0.3) is 0 Å². The summed E-state index contributed by atoms with van der Waals surface area (Å²) in [5, 5.41) is 3.70. The van der Waals surface area contributed by atoms with E-state index in [2.05, 4.69) is 9.89 Å². The van der Waals surface area contributed by atoms with E-state index < -0.39 is 17.4 Å². The molecular formula is C13H16FNO3. The fourth-order valence-corrected chi connectivity index (χ4v) is 1.13. The zero-order chi connectivity index (χ0) is 13.8. The van der Waals surface area contributed by atoms with Crippen LogP contribution < -0.4 is 0 Å². The lowest BCUT2D eigenvalue weighted by atomic mass is 10.1. The fraction of sp³-hybridized carbons (Fsp3) is 0.385. The highest BCUT2D eigenvalue weighted by Gasteiger charge is 2.21. The first-order chi connectivity index (χ1) is 8.35. The number of nitrogens with zero attached hydrogens (tertiary/aromatic N) is 1. The van der Waals surface area contributed by atoms with Gasteiger partial charge < -0.3 is 9.57 Å². The van der Waals surface area contributed by atoms with Crippen LogP contribution in [0.1, 0.15) is 26.3 Å². The molecule has 0 aliphatic carbocycles. The highest BCUT2D eigenvalue weighted by atomic mass is 19.1. The minimum absolute atomic E-state index is 0.0496. The normalized spacial score (nSPS) is 12.2. The number of hydrogen-bond acceptors (Lipinski definition) is 4. The third kappa shape index (κ3) is 3.84. The zero-order valence-electron chi connectivity index (χ0n) is 10.9. The first kappa shape index (κ1) is 14.2. The maximum atomic E-state index is 13.6. The monoisotopic (exact) mass is 253 g/mol. The number of carbonyl (C=O) groups excluding carboxylic acids is 1. The van der Waals surface area contributed by atoms with Crippen molar-refractivity contribution in [1.82, 2.24) is 0 Å². The van der Waals surface area contributed by atoms with Gasteiger partial charge in [-0.15, -0.1) is 0 Å². The van der Waals surface area contributed by atoms with Crippen molar-refractivity contribution < 1.29 is 18.8 Å². The topological polar surface area (TPSA) is 47.9 Å². The molecule has 0 N–H and O–H groups in total. The molecule has 5 heteroatoms. The van der Waals surface area contributed by atoms with Crippen LogP contribution in [0, 0.1) is 5.82 Å². The molecule has 1 rings (SSSR count). The fourth-order valence-electron chi connectivity index (χ4n) is 1.13. The van der Waals surface area contributed by atoms with E-state index in [1.54, 1.807) is 26.8 Å². The zero-order valence-corrected chi connectivity index (χ0v) is 10.9. The molecule has 0 bridgehead atoms. The summed E-state index contributed by atoms with van der Waals surface area (Å²) in [6, 6.07) is 5.81. The molecule has 0 aliphatic rings. The average Bonchev–Trinajstić information content (AvgIpc) is 2.29. The molecule has 0 fully saturated rings. The predicted octanol–water partition coefficient (Wildman–Crippen LogP) is 2.52. The summed E-state index contributed by atoms with van der Waals surface area (Å²) in [7, 11) is 1.20. The van der Waals surface area contributed by atoms with E-state index in [0.29, 0.717) is 0 Å². The van der Waals surface area contributed by atoms with E-state index in [4.69, 9.17) is 4.84 Å². The molecule has 1 aromatic carbocycles. The molecule has 0 aromatic heterocycles. The lowest BCUT2D eigenvalue weighted by molar-refractivity contribution is -0.133. The Balaban J connectivity index is 3.15. The number of methoxy groups -OCH3 is 1. The van der Waals surface area contributed by atoms with Crippen LogP contribution in [-0.2, 0) is 14.4 Å². The van der Waals surface area contributed by atoms with Gasteiger partial charge in [0.15, 0.2) is 5.71 Å². The van der Waals surface area contributed by atoms with Crippen molar-refractivity contribution >= 4 is 11.7 Å². The third-order valence-electron chi connectivity index (χ3n) is 1.92. The quantitative estimate of drug-likeness (QED) is 0.472. The van der Waals surface area contributed by atoms with Gasteiger partial charge in [0.2, 0.25) is 0 Å². The second kappa shape index (κ2) is 5.62. The van der Waals surface area contributed by atoms with Gasteiger partial charge in [-0.3, -0.25) is 0 Å². The Bertz CT molecular complexity index is 464. The molecule has 0 spiro atoms. The lowest BCUT2D eigenvalue weighted by Gasteiger charge is -2.16. The standard InChI is InChI=1S/C13H16FNO3/c1-13(2,3)18-15-11(12(16)17-4)9-7-5-6-8-10(9)14/h5-8H,1-4H3. The van der Waals surface area contributed by atoms with E-state index in [9.17, 15) is 9.18 Å². The van der Waals surface area contributed by atoms with Gasteiger partial charge in [-0.1, -0.05) is 17.3 Å². The van der Waals surface area contributed by atoms with Crippen molar-refractivity contribution in [2.45, 2.75) is 26.4 Å². The van der Waals surface area contributed by atoms with Gasteiger partial charge in [-0.25, -0.2) is 9.18 Å². The van der Waals surface area contributed by atoms with Crippen molar-refractivity contribution in [3.05, 3.63) is 35.6 Å². The largest absolute Gasteiger partial charge is 0.464 e. The van der Waals surface area contributed by atoms with Gasteiger partial charge in [0.1, 0.15) is 11.4 Å². The summed E-state index contributed by atoms with van der Waals surface area (Å²) in [6.07, 6.45) is 0. The molecule has 0 atom stereocenters. The molecule has 1 aromatic rings. The summed E-state index contributed by atoms with van der Waals surface area (Å²) >= 11 is 0. The Morgan fingerprint density at radius 2 is 1.89 bits per heavy atom. The summed E-state index contributed by atoms with van der Waals surface area (Å²) < 4.78 is 18.2. The van der Waals surface area contributed by atoms with Crippen molar-refractivity contribution in [2.24, 2.45) is 5.16 Å². The van der Waals surface area contributed by atoms with E-state index in [-0.39, 0.29) is 11.3 Å². The Labute approximate surface area is 105 Å². The first-order valence-electron chi connectivity index (χ1n) is 5.44. The lowest BCUT2D eigenvalue weighted by Crippen LogP contribution is -2.23. The number of carbonyl (C=O) groups is 1. The van der Waals surface area contributed by atoms with Gasteiger partial charge >= 0.3 is 5.97 Å². The van der Waals surface area contributed by atoms with Gasteiger partial charge in [-0.05, 0) is 32.9 Å². The Morgan fingerprint density at radius 1 is 1.28 bits per heavy atom. The van der Waals surface area contributed by atoms with Crippen LogP contribution in [0.2, 0.25) is 0 Å². The number of esters is 1. The molecule has 0 saturated carbocycles. The molecule has 0 amide bonds. The van der Waals surface area contributed by atoms with Crippen molar-refractivity contribution in [3.63, 3.8) is 0 Å². The molecule has 18 heavy (non-hydrogen) atoms. The Morgan fingerprint density at radius 3 is 2.39 bits per heavy atom. The molecule has 0 heterocycles. The SMILES string of the molecule is COC(=O)C(=NOC(C)(C)C)c1ccccc1F. The van der Waals surface area contributed by atoms with Gasteiger partial charge in [0, 0.05) is 5.56 Å². The number of rotatable bonds is 3. The van der Waals surface area contributed by atoms with Gasteiger partial charge in [0.25, 0.3) is 0 Å². The molecule has 0 radical (unpaired) electrons. The maximum Gasteiger partial charge on any atom is 0.360 e. The smallest absolute Gasteiger partial charge is 0.360 e. The van der Waals surface area contributed by atoms with Crippen LogP contribution in [0.15, 0.2) is 29.4 Å². The third-order valence-corrected chi connectivity index (χ3v) is 1.92. The second-order valence-corrected chi connectivity index (χ2v) is 4.61. The summed E-state index contributed by atoms with van der Waals surface area (Å²) in [5.74, 6) is -1.30. The van der Waals surface area contributed by atoms with E-state index in [0.717, 1.165) is 0 Å². The number of hydrogen-bond donors (Lipinski definition) is 0. The highest BCUT2D eigenvalue weighted by molar-refractivity contribution is 6.43. The molecule has 0 aliphatic heterocycles. The van der Waals surface area contributed by atoms with Crippen molar-refractivity contribution in [3.8, 4) is 0 Å². The number of halogens is 1. The van der Waals surface area contributed by atoms with Crippen LogP contribution in [0.4, 0.5) is 4.39 Å². The molecule has 98 valence electrons. The van der Waals surface area contributed by atoms with E-state index in [1.807, 2.05) is 0 Å². The van der Waals surface area contributed by atoms with Crippen LogP contribution in [0.3, 0.4) is 0 Å². The predicted molar refractivity (Wildman–Crippen MR) is 65.8 cm³/mol. The number of oxime groups is 1. The summed E-state index contributed by atoms with van der Waals surface area (Å²) in [4.78, 5) is 16.7. The second-order valence-electron chi connectivity index (χ2n) is 4.61. The molecule has 0 unspecified atom stereocenters. The van der Waals surface area contributed by atoms with E-state index in [1.165, 1.54) is 25.3 Å². The minimum Gasteiger partial charge on any atom is -0.464 e. The highest BCUT2D eigenvalue weighted by Crippen LogP contribution is 2.13. The van der Waals surface area contributed by atoms with Gasteiger partial charge in [-0.2, -0.15) is 0 Å². The Hall–Kier alpha value is -1.91. The van der Waals surface area contributed by atoms with Crippen molar-refractivity contribution in [1.29, 1.82) is 0 Å². The maximum absolute atomic E-state index is 13.6. The van der Waals surface area contributed by atoms with Crippen LogP contribution in [0.5, 0.6) is 0 Å². The van der Waals surface area contributed by atoms with Crippen molar-refractivity contribution in [2.75, 3.05) is 7.11 Å². The average molecular weight is 253 g/mol. The Kier molecular flexibility index (Phi) is 4.42. The number of ether oxygens (including phenoxy) is 1. The van der Waals surface area contributed by atoms with Gasteiger partial charge in [0.05, 0.1) is 7.11 Å². The van der Waals surface area contributed by atoms with E-state index >= 15 is 0 Å². The number of benzene rings is 1. The summed E-state index contributed by atoms with van der Waals surface area (Å²) in [6.45, 7) is 5.31. The van der Waals surface area contributed by atoms with Crippen LogP contribution >= 0.6 is 0 Å². The molecule has 4 nitrogen and oxygen atoms in total. The van der Waals surface area contributed by atoms with Crippen LogP contribution in [-0.4, -0.2) is 24.4 Å². The molecular weight excluding hydrogens is 237 g/mol. The first-order valence-corrected chi connectivity index (χ1v) is 5.44. The summed E-state index contributed by atoms with van der Waals surface area (Å²) in [5.41, 5.74) is -0.719. The molecule has 0 saturated heterocycles.